The van der Waals surface area contributed by atoms with Gasteiger partial charge in [0.1, 0.15) is 12.4 Å². The quantitative estimate of drug-likeness (QED) is 0.112. The Bertz CT molecular complexity index is 2040. The van der Waals surface area contributed by atoms with Gasteiger partial charge in [0.15, 0.2) is 0 Å². The van der Waals surface area contributed by atoms with E-state index in [2.05, 4.69) is 31.2 Å². The minimum absolute atomic E-state index is 0.168. The van der Waals surface area contributed by atoms with Crippen molar-refractivity contribution in [3.05, 3.63) is 168 Å². The molecule has 0 saturated heterocycles. The second-order valence-electron chi connectivity index (χ2n) is 11.2. The average Bonchev–Trinajstić information content (AvgIpc) is 3.69. The van der Waals surface area contributed by atoms with Crippen molar-refractivity contribution < 1.29 is 9.53 Å². The van der Waals surface area contributed by atoms with Gasteiger partial charge in [0.05, 0.1) is 28.4 Å². The molecule has 230 valence electrons. The van der Waals surface area contributed by atoms with Crippen LogP contribution in [0.1, 0.15) is 16.7 Å². The molecule has 0 spiro atoms. The molecule has 0 N–H and O–H groups in total. The first-order valence-electron chi connectivity index (χ1n) is 15.4. The Hall–Kier alpha value is -5.66. The standard InChI is InChI=1S/C40H32N4O2S/c1-29-17-23-36(24-18-29)47-28-38-37(40(45)44(41-38)34-15-9-4-10-16-34)25-32-26-43(33-13-7-3-8-14-33)42-39(32)31-19-21-35(22-20-31)46-27-30-11-5-2-6-12-30/h2-26H,27-28H2,1H3/b37-25-. The zero-order chi connectivity index (χ0) is 32.0. The molecule has 1 aromatic heterocycles. The molecule has 5 aromatic carbocycles. The molecule has 2 heterocycles. The number of ether oxygens (including phenoxy) is 1. The van der Waals surface area contributed by atoms with Crippen molar-refractivity contribution in [2.24, 2.45) is 5.10 Å². The fourth-order valence-electron chi connectivity index (χ4n) is 5.28. The topological polar surface area (TPSA) is 59.7 Å². The Kier molecular flexibility index (Phi) is 8.79. The summed E-state index contributed by atoms with van der Waals surface area (Å²) in [6.07, 6.45) is 3.90. The maximum Gasteiger partial charge on any atom is 0.280 e. The second-order valence-corrected chi connectivity index (χ2v) is 12.2. The molecule has 1 amide bonds. The smallest absolute Gasteiger partial charge is 0.280 e. The Morgan fingerprint density at radius 1 is 0.745 bits per heavy atom. The number of para-hydroxylation sites is 2. The largest absolute Gasteiger partial charge is 0.489 e. The van der Waals surface area contributed by atoms with Gasteiger partial charge >= 0.3 is 0 Å². The summed E-state index contributed by atoms with van der Waals surface area (Å²) in [6.45, 7) is 2.56. The number of amides is 1. The van der Waals surface area contributed by atoms with Gasteiger partial charge in [-0.2, -0.15) is 15.2 Å². The summed E-state index contributed by atoms with van der Waals surface area (Å²) >= 11 is 1.66. The van der Waals surface area contributed by atoms with Crippen LogP contribution in [0.5, 0.6) is 5.75 Å². The lowest BCUT2D eigenvalue weighted by atomic mass is 10.0. The van der Waals surface area contributed by atoms with Crippen LogP contribution in [0.25, 0.3) is 23.0 Å². The van der Waals surface area contributed by atoms with Crippen LogP contribution >= 0.6 is 11.8 Å². The summed E-state index contributed by atoms with van der Waals surface area (Å²) in [4.78, 5) is 15.1. The van der Waals surface area contributed by atoms with Crippen LogP contribution in [0.2, 0.25) is 0 Å². The van der Waals surface area contributed by atoms with Crippen LogP contribution < -0.4 is 9.75 Å². The van der Waals surface area contributed by atoms with Gasteiger partial charge in [0.25, 0.3) is 5.91 Å². The zero-order valence-corrected chi connectivity index (χ0v) is 26.7. The van der Waals surface area contributed by atoms with Gasteiger partial charge in [-0.1, -0.05) is 84.4 Å². The number of hydrogen-bond acceptors (Lipinski definition) is 5. The van der Waals surface area contributed by atoms with Gasteiger partial charge in [-0.3, -0.25) is 4.79 Å². The molecule has 0 bridgehead atoms. The molecule has 0 saturated carbocycles. The first-order chi connectivity index (χ1) is 23.1. The summed E-state index contributed by atoms with van der Waals surface area (Å²) in [5, 5.41) is 11.3. The summed E-state index contributed by atoms with van der Waals surface area (Å²) in [5.41, 5.74) is 7.71. The molecule has 1 aliphatic heterocycles. The molecule has 47 heavy (non-hydrogen) atoms. The van der Waals surface area contributed by atoms with Crippen LogP contribution in [-0.2, 0) is 11.4 Å². The normalized spacial score (nSPS) is 13.6. The molecule has 0 radical (unpaired) electrons. The number of aryl methyl sites for hydroxylation is 1. The van der Waals surface area contributed by atoms with Gasteiger partial charge in [0.2, 0.25) is 0 Å². The van der Waals surface area contributed by atoms with Crippen molar-refractivity contribution in [3.8, 4) is 22.7 Å². The Labute approximate surface area is 278 Å². The number of benzene rings is 5. The Morgan fingerprint density at radius 3 is 2.06 bits per heavy atom. The van der Waals surface area contributed by atoms with Crippen LogP contribution in [0.15, 0.2) is 161 Å². The van der Waals surface area contributed by atoms with E-state index in [1.165, 1.54) is 10.6 Å². The number of hydrazone groups is 1. The highest BCUT2D eigenvalue weighted by Gasteiger charge is 2.31. The number of rotatable bonds is 10. The lowest BCUT2D eigenvalue weighted by Crippen LogP contribution is -2.21. The van der Waals surface area contributed by atoms with E-state index in [1.807, 2.05) is 132 Å². The molecular weight excluding hydrogens is 601 g/mol. The Balaban J connectivity index is 1.24. The van der Waals surface area contributed by atoms with Crippen LogP contribution in [-0.4, -0.2) is 27.2 Å². The van der Waals surface area contributed by atoms with E-state index in [0.717, 1.165) is 44.4 Å². The molecule has 6 aromatic rings. The SMILES string of the molecule is Cc1ccc(SCC2=NN(c3ccccc3)C(=O)/C2=C\c2cn(-c3ccccc3)nc2-c2ccc(OCc3ccccc3)cc2)cc1. The van der Waals surface area contributed by atoms with Crippen molar-refractivity contribution in [1.29, 1.82) is 0 Å². The third-order valence-electron chi connectivity index (χ3n) is 7.79. The van der Waals surface area contributed by atoms with E-state index in [4.69, 9.17) is 14.9 Å². The van der Waals surface area contributed by atoms with Gasteiger partial charge < -0.3 is 4.74 Å². The van der Waals surface area contributed by atoms with E-state index in [9.17, 15) is 4.79 Å². The molecule has 0 aliphatic carbocycles. The van der Waals surface area contributed by atoms with Crippen LogP contribution in [0.4, 0.5) is 5.69 Å². The molecule has 7 heteroatoms. The first kappa shape index (κ1) is 30.0. The monoisotopic (exact) mass is 632 g/mol. The fourth-order valence-corrected chi connectivity index (χ4v) is 6.12. The van der Waals surface area contributed by atoms with E-state index >= 15 is 0 Å². The maximum atomic E-state index is 14.0. The number of nitrogens with zero attached hydrogens (tertiary/aromatic N) is 4. The highest BCUT2D eigenvalue weighted by atomic mass is 32.2. The van der Waals surface area contributed by atoms with Crippen molar-refractivity contribution >= 4 is 35.1 Å². The summed E-state index contributed by atoms with van der Waals surface area (Å²) in [6, 6.07) is 46.0. The molecule has 1 aliphatic rings. The van der Waals surface area contributed by atoms with E-state index in [1.54, 1.807) is 11.8 Å². The first-order valence-corrected chi connectivity index (χ1v) is 16.4. The van der Waals surface area contributed by atoms with Crippen molar-refractivity contribution in [3.63, 3.8) is 0 Å². The molecule has 0 atom stereocenters. The van der Waals surface area contributed by atoms with Gasteiger partial charge in [-0.05, 0) is 79.2 Å². The van der Waals surface area contributed by atoms with Crippen LogP contribution in [0.3, 0.4) is 0 Å². The highest BCUT2D eigenvalue weighted by molar-refractivity contribution is 8.00. The zero-order valence-electron chi connectivity index (χ0n) is 25.9. The van der Waals surface area contributed by atoms with Crippen molar-refractivity contribution in [1.82, 2.24) is 9.78 Å². The number of anilines is 1. The summed E-state index contributed by atoms with van der Waals surface area (Å²) < 4.78 is 7.90. The number of thioether (sulfide) groups is 1. The number of carbonyl (C=O) groups is 1. The number of aromatic nitrogens is 2. The lowest BCUT2D eigenvalue weighted by molar-refractivity contribution is -0.114. The Morgan fingerprint density at radius 2 is 1.38 bits per heavy atom. The number of hydrogen-bond donors (Lipinski definition) is 0. The molecule has 0 unspecified atom stereocenters. The van der Waals surface area contributed by atoms with Gasteiger partial charge in [-0.15, -0.1) is 11.8 Å². The number of carbonyl (C=O) groups excluding carboxylic acids is 1. The van der Waals surface area contributed by atoms with E-state index in [-0.39, 0.29) is 5.91 Å². The van der Waals surface area contributed by atoms with Crippen molar-refractivity contribution in [2.45, 2.75) is 18.4 Å². The minimum Gasteiger partial charge on any atom is -0.489 e. The minimum atomic E-state index is -0.168. The lowest BCUT2D eigenvalue weighted by Gasteiger charge is -2.11. The summed E-state index contributed by atoms with van der Waals surface area (Å²) in [7, 11) is 0. The molecule has 6 nitrogen and oxygen atoms in total. The molecule has 0 fully saturated rings. The predicted molar refractivity (Wildman–Crippen MR) is 191 cm³/mol. The second kappa shape index (κ2) is 13.8. The molecular formula is C40H32N4O2S. The van der Waals surface area contributed by atoms with Gasteiger partial charge in [-0.25, -0.2) is 4.68 Å². The third kappa shape index (κ3) is 6.95. The highest BCUT2D eigenvalue weighted by Crippen LogP contribution is 2.32. The van der Waals surface area contributed by atoms with E-state index in [0.29, 0.717) is 23.6 Å². The summed E-state index contributed by atoms with van der Waals surface area (Å²) in [5.74, 6) is 1.14. The predicted octanol–water partition coefficient (Wildman–Crippen LogP) is 9.01. The van der Waals surface area contributed by atoms with E-state index < -0.39 is 0 Å². The van der Waals surface area contributed by atoms with Gasteiger partial charge in [0, 0.05) is 28.0 Å². The van der Waals surface area contributed by atoms with Crippen LogP contribution in [0, 0.1) is 6.92 Å². The average molecular weight is 633 g/mol. The third-order valence-corrected chi connectivity index (χ3v) is 8.81. The fraction of sp³-hybridized carbons (Fsp3) is 0.0750. The van der Waals surface area contributed by atoms with Crippen molar-refractivity contribution in [2.75, 3.05) is 10.8 Å². The molecule has 7 rings (SSSR count). The maximum absolute atomic E-state index is 14.0.